The molecule has 5 heteroatoms. The van der Waals surface area contributed by atoms with E-state index in [2.05, 4.69) is 18.9 Å². The highest BCUT2D eigenvalue weighted by molar-refractivity contribution is 5.80. The molecule has 2 aliphatic rings. The van der Waals surface area contributed by atoms with Crippen LogP contribution in [0.5, 0.6) is 0 Å². The highest BCUT2D eigenvalue weighted by atomic mass is 19.1. The van der Waals surface area contributed by atoms with Gasteiger partial charge in [-0.2, -0.15) is 0 Å². The topological polar surface area (TPSA) is 3.24 Å². The maximum absolute atomic E-state index is 13.9. The Balaban J connectivity index is 1.84. The lowest BCUT2D eigenvalue weighted by atomic mass is 9.74. The van der Waals surface area contributed by atoms with Crippen molar-refractivity contribution in [1.29, 1.82) is 0 Å². The first-order chi connectivity index (χ1) is 13.2. The Bertz CT molecular complexity index is 828. The largest absolute Gasteiger partial charge is 0.300 e. The molecule has 4 rings (SSSR count). The van der Waals surface area contributed by atoms with Gasteiger partial charge in [-0.15, -0.1) is 0 Å². The summed E-state index contributed by atoms with van der Waals surface area (Å²) >= 11 is 0. The summed E-state index contributed by atoms with van der Waals surface area (Å²) in [6, 6.07) is 7.35. The Morgan fingerprint density at radius 3 is 1.61 bits per heavy atom. The fourth-order valence-electron chi connectivity index (χ4n) is 4.96. The fourth-order valence-corrected chi connectivity index (χ4v) is 4.96. The van der Waals surface area contributed by atoms with E-state index in [1.807, 2.05) is 6.08 Å². The molecule has 28 heavy (non-hydrogen) atoms. The molecule has 0 radical (unpaired) electrons. The molecule has 0 aromatic heterocycles. The van der Waals surface area contributed by atoms with Crippen LogP contribution in [0.4, 0.5) is 17.6 Å². The Labute approximate surface area is 162 Å². The van der Waals surface area contributed by atoms with Gasteiger partial charge in [-0.25, -0.2) is 17.6 Å². The predicted octanol–water partition coefficient (Wildman–Crippen LogP) is 5.94. The molecule has 148 valence electrons. The van der Waals surface area contributed by atoms with Gasteiger partial charge in [0, 0.05) is 24.2 Å². The molecule has 2 saturated heterocycles. The van der Waals surface area contributed by atoms with E-state index >= 15 is 0 Å². The zero-order valence-corrected chi connectivity index (χ0v) is 16.0. The first-order valence-corrected chi connectivity index (χ1v) is 9.60. The summed E-state index contributed by atoms with van der Waals surface area (Å²) in [4.78, 5) is 2.40. The van der Waals surface area contributed by atoms with E-state index in [0.29, 0.717) is 17.7 Å². The average molecular weight is 389 g/mol. The predicted molar refractivity (Wildman–Crippen MR) is 102 cm³/mol. The Hall–Kier alpha value is -2.14. The van der Waals surface area contributed by atoms with Crippen molar-refractivity contribution in [3.05, 3.63) is 76.9 Å². The van der Waals surface area contributed by atoms with Crippen LogP contribution in [0.1, 0.15) is 43.7 Å². The van der Waals surface area contributed by atoms with Crippen LogP contribution in [0.25, 0.3) is 5.57 Å². The lowest BCUT2D eigenvalue weighted by molar-refractivity contribution is 0.103. The number of hydrogen-bond donors (Lipinski definition) is 0. The number of benzene rings is 2. The third-order valence-electron chi connectivity index (χ3n) is 6.23. The molecule has 0 saturated carbocycles. The number of halogens is 4. The van der Waals surface area contributed by atoms with Crippen LogP contribution in [0.15, 0.2) is 42.5 Å². The van der Waals surface area contributed by atoms with Crippen LogP contribution in [0.2, 0.25) is 0 Å². The minimum Gasteiger partial charge on any atom is -0.300 e. The van der Waals surface area contributed by atoms with Crippen LogP contribution in [0, 0.1) is 28.7 Å². The molecule has 2 aromatic carbocycles. The van der Waals surface area contributed by atoms with E-state index in [1.54, 1.807) is 0 Å². The van der Waals surface area contributed by atoms with Gasteiger partial charge in [0.1, 0.15) is 23.3 Å². The van der Waals surface area contributed by atoms with Crippen molar-refractivity contribution in [3.63, 3.8) is 0 Å². The van der Waals surface area contributed by atoms with Gasteiger partial charge in [0.2, 0.25) is 0 Å². The van der Waals surface area contributed by atoms with Crippen LogP contribution in [-0.2, 0) is 0 Å². The third-order valence-corrected chi connectivity index (χ3v) is 6.23. The van der Waals surface area contributed by atoms with E-state index < -0.39 is 23.3 Å². The first-order valence-electron chi connectivity index (χ1n) is 9.60. The normalized spacial score (nSPS) is 27.1. The van der Waals surface area contributed by atoms with E-state index in [-0.39, 0.29) is 16.5 Å². The first kappa shape index (κ1) is 19.2. The Morgan fingerprint density at radius 1 is 0.821 bits per heavy atom. The number of allylic oxidation sites excluding steroid dienone is 1. The summed E-state index contributed by atoms with van der Waals surface area (Å²) < 4.78 is 55.6. The monoisotopic (exact) mass is 389 g/mol. The van der Waals surface area contributed by atoms with Gasteiger partial charge in [0.15, 0.2) is 0 Å². The molecular weight excluding hydrogens is 366 g/mol. The van der Waals surface area contributed by atoms with Crippen molar-refractivity contribution >= 4 is 5.57 Å². The standard InChI is InChI=1S/C23H23F4N/c1-23(11-20-3-4-21(12-23)28(20)2)13-22(14-5-16(24)9-17(25)6-14)15-7-18(26)10-19(27)8-15/h5-10,13,20-21H,3-4,11-12H2,1-2H3. The molecule has 0 spiro atoms. The third kappa shape index (κ3) is 3.72. The van der Waals surface area contributed by atoms with Crippen molar-refractivity contribution in [2.45, 2.75) is 44.7 Å². The number of piperidine rings is 1. The molecule has 2 heterocycles. The van der Waals surface area contributed by atoms with Crippen LogP contribution >= 0.6 is 0 Å². The SMILES string of the molecule is CN1C2CCC1CC(C)(C=C(c1cc(F)cc(F)c1)c1cc(F)cc(F)c1)C2. The molecule has 2 unspecified atom stereocenters. The summed E-state index contributed by atoms with van der Waals surface area (Å²) in [7, 11) is 2.14. The van der Waals surface area contributed by atoms with E-state index in [9.17, 15) is 17.6 Å². The molecular formula is C23H23F4N. The second-order valence-electron chi connectivity index (χ2n) is 8.49. The minimum atomic E-state index is -0.716. The van der Waals surface area contributed by atoms with Gasteiger partial charge < -0.3 is 4.90 Å². The lowest BCUT2D eigenvalue weighted by Crippen LogP contribution is -2.43. The molecule has 2 aromatic rings. The summed E-state index contributed by atoms with van der Waals surface area (Å²) in [5.74, 6) is -2.87. The lowest BCUT2D eigenvalue weighted by Gasteiger charge is -2.42. The number of nitrogens with zero attached hydrogens (tertiary/aromatic N) is 1. The van der Waals surface area contributed by atoms with Crippen LogP contribution in [0.3, 0.4) is 0 Å². The molecule has 0 N–H and O–H groups in total. The molecule has 2 aliphatic heterocycles. The second kappa shape index (κ2) is 7.03. The van der Waals surface area contributed by atoms with Gasteiger partial charge >= 0.3 is 0 Å². The van der Waals surface area contributed by atoms with E-state index in [1.165, 1.54) is 24.3 Å². The van der Waals surface area contributed by atoms with Gasteiger partial charge in [0.05, 0.1) is 0 Å². The van der Waals surface area contributed by atoms with E-state index in [4.69, 9.17) is 0 Å². The highest BCUT2D eigenvalue weighted by Crippen LogP contribution is 2.47. The molecule has 1 nitrogen and oxygen atoms in total. The second-order valence-corrected chi connectivity index (χ2v) is 8.49. The molecule has 2 fully saturated rings. The van der Waals surface area contributed by atoms with Crippen LogP contribution in [-0.4, -0.2) is 24.0 Å². The molecule has 2 atom stereocenters. The van der Waals surface area contributed by atoms with Crippen molar-refractivity contribution in [2.75, 3.05) is 7.05 Å². The quantitative estimate of drug-likeness (QED) is 0.588. The van der Waals surface area contributed by atoms with Gasteiger partial charge in [-0.1, -0.05) is 13.0 Å². The zero-order chi connectivity index (χ0) is 20.1. The van der Waals surface area contributed by atoms with Crippen molar-refractivity contribution in [1.82, 2.24) is 4.90 Å². The maximum Gasteiger partial charge on any atom is 0.126 e. The van der Waals surface area contributed by atoms with Crippen LogP contribution < -0.4 is 0 Å². The maximum atomic E-state index is 13.9. The summed E-state index contributed by atoms with van der Waals surface area (Å²) in [6.45, 7) is 2.12. The number of fused-ring (bicyclic) bond motifs is 2. The fraction of sp³-hybridized carbons (Fsp3) is 0.391. The number of hydrogen-bond acceptors (Lipinski definition) is 1. The van der Waals surface area contributed by atoms with E-state index in [0.717, 1.165) is 37.8 Å². The number of rotatable bonds is 3. The Morgan fingerprint density at radius 2 is 1.21 bits per heavy atom. The summed E-state index contributed by atoms with van der Waals surface area (Å²) in [5.41, 5.74) is 0.812. The summed E-state index contributed by atoms with van der Waals surface area (Å²) in [5, 5.41) is 0. The van der Waals surface area contributed by atoms with Gasteiger partial charge in [-0.3, -0.25) is 0 Å². The van der Waals surface area contributed by atoms with Crippen molar-refractivity contribution in [3.8, 4) is 0 Å². The molecule has 0 amide bonds. The zero-order valence-electron chi connectivity index (χ0n) is 16.0. The van der Waals surface area contributed by atoms with Crippen molar-refractivity contribution < 1.29 is 17.6 Å². The summed E-state index contributed by atoms with van der Waals surface area (Å²) in [6.07, 6.45) is 6.03. The van der Waals surface area contributed by atoms with Gasteiger partial charge in [0.25, 0.3) is 0 Å². The average Bonchev–Trinajstić information content (AvgIpc) is 2.81. The molecule has 0 aliphatic carbocycles. The van der Waals surface area contributed by atoms with Crippen molar-refractivity contribution in [2.24, 2.45) is 5.41 Å². The smallest absolute Gasteiger partial charge is 0.126 e. The molecule has 2 bridgehead atoms. The highest BCUT2D eigenvalue weighted by Gasteiger charge is 2.43. The minimum absolute atomic E-state index is 0.223. The Kier molecular flexibility index (Phi) is 4.82. The van der Waals surface area contributed by atoms with Gasteiger partial charge in [-0.05, 0) is 79.1 Å².